The van der Waals surface area contributed by atoms with Crippen molar-refractivity contribution in [1.29, 1.82) is 0 Å². The second kappa shape index (κ2) is 7.19. The van der Waals surface area contributed by atoms with Gasteiger partial charge in [-0.3, -0.25) is 4.79 Å². The number of hydrogen-bond donors (Lipinski definition) is 0. The summed E-state index contributed by atoms with van der Waals surface area (Å²) >= 11 is 1.57. The molecule has 1 saturated heterocycles. The third-order valence-corrected chi connectivity index (χ3v) is 4.97. The van der Waals surface area contributed by atoms with Gasteiger partial charge in [0.15, 0.2) is 0 Å². The molecule has 4 nitrogen and oxygen atoms in total. The van der Waals surface area contributed by atoms with Crippen molar-refractivity contribution in [3.8, 4) is 0 Å². The number of thiazole rings is 1. The third-order valence-electron chi connectivity index (χ3n) is 4.09. The molecule has 0 aliphatic carbocycles. The van der Waals surface area contributed by atoms with Gasteiger partial charge in [0.25, 0.3) is 5.91 Å². The van der Waals surface area contributed by atoms with E-state index in [9.17, 15) is 9.18 Å². The molecular weight excluding hydrogens is 315 g/mol. The summed E-state index contributed by atoms with van der Waals surface area (Å²) in [5.74, 6) is -0.416. The molecule has 0 bridgehead atoms. The Balaban J connectivity index is 1.87. The summed E-state index contributed by atoms with van der Waals surface area (Å²) in [5, 5.41) is 2.90. The quantitative estimate of drug-likeness (QED) is 0.854. The van der Waals surface area contributed by atoms with Gasteiger partial charge in [-0.1, -0.05) is 0 Å². The molecule has 0 spiro atoms. The van der Waals surface area contributed by atoms with Crippen molar-refractivity contribution in [1.82, 2.24) is 9.88 Å². The van der Waals surface area contributed by atoms with Crippen LogP contribution in [0.4, 0.5) is 4.39 Å². The lowest BCUT2D eigenvalue weighted by Gasteiger charge is -2.34. The smallest absolute Gasteiger partial charge is 0.254 e. The van der Waals surface area contributed by atoms with Crippen LogP contribution in [0.5, 0.6) is 0 Å². The van der Waals surface area contributed by atoms with Gasteiger partial charge in [-0.05, 0) is 37.5 Å². The van der Waals surface area contributed by atoms with E-state index in [1.54, 1.807) is 29.7 Å². The monoisotopic (exact) mass is 334 g/mol. The number of methoxy groups -OCH3 is 1. The summed E-state index contributed by atoms with van der Waals surface area (Å²) in [4.78, 5) is 19.2. The van der Waals surface area contributed by atoms with Crippen LogP contribution in [0.25, 0.3) is 0 Å². The number of piperidine rings is 1. The van der Waals surface area contributed by atoms with Crippen LogP contribution in [-0.2, 0) is 11.3 Å². The van der Waals surface area contributed by atoms with Gasteiger partial charge in [0.1, 0.15) is 10.8 Å². The second-order valence-corrected chi connectivity index (χ2v) is 6.55. The number of amides is 1. The molecule has 122 valence electrons. The highest BCUT2D eigenvalue weighted by molar-refractivity contribution is 7.09. The maximum atomic E-state index is 13.7. The van der Waals surface area contributed by atoms with Crippen LogP contribution in [0.2, 0.25) is 0 Å². The number of carbonyl (C=O) groups is 1. The molecule has 1 unspecified atom stereocenters. The fraction of sp³-hybridized carbons (Fsp3) is 0.412. The van der Waals surface area contributed by atoms with Gasteiger partial charge in [-0.15, -0.1) is 11.3 Å². The lowest BCUT2D eigenvalue weighted by Crippen LogP contribution is -2.38. The van der Waals surface area contributed by atoms with Gasteiger partial charge in [-0.25, -0.2) is 9.37 Å². The van der Waals surface area contributed by atoms with Gasteiger partial charge < -0.3 is 9.64 Å². The molecule has 2 aromatic rings. The first-order valence-corrected chi connectivity index (χ1v) is 8.56. The predicted octanol–water partition coefficient (Wildman–Crippen LogP) is 3.80. The molecule has 0 saturated carbocycles. The van der Waals surface area contributed by atoms with E-state index < -0.39 is 0 Å². The fourth-order valence-electron chi connectivity index (χ4n) is 2.97. The fourth-order valence-corrected chi connectivity index (χ4v) is 3.76. The average molecular weight is 334 g/mol. The van der Waals surface area contributed by atoms with Crippen LogP contribution in [0.1, 0.15) is 46.2 Å². The van der Waals surface area contributed by atoms with Crippen LogP contribution in [0.3, 0.4) is 0 Å². The number of carbonyl (C=O) groups excluding carboxylic acids is 1. The zero-order valence-electron chi connectivity index (χ0n) is 13.0. The van der Waals surface area contributed by atoms with E-state index in [1.807, 2.05) is 10.3 Å². The first-order valence-electron chi connectivity index (χ1n) is 7.68. The molecule has 0 N–H and O–H groups in total. The van der Waals surface area contributed by atoms with Crippen LogP contribution in [0.15, 0.2) is 29.8 Å². The predicted molar refractivity (Wildman–Crippen MR) is 86.9 cm³/mol. The molecule has 2 heterocycles. The van der Waals surface area contributed by atoms with E-state index in [-0.39, 0.29) is 24.4 Å². The number of halogens is 1. The number of hydrogen-bond acceptors (Lipinski definition) is 4. The van der Waals surface area contributed by atoms with Crippen molar-refractivity contribution in [2.75, 3.05) is 13.7 Å². The Kier molecular flexibility index (Phi) is 5.03. The van der Waals surface area contributed by atoms with E-state index in [4.69, 9.17) is 4.74 Å². The Bertz CT molecular complexity index is 675. The van der Waals surface area contributed by atoms with Crippen LogP contribution >= 0.6 is 11.3 Å². The van der Waals surface area contributed by atoms with Gasteiger partial charge in [0, 0.05) is 36.4 Å². The minimum absolute atomic E-state index is 0.0205. The largest absolute Gasteiger partial charge is 0.380 e. The van der Waals surface area contributed by atoms with Gasteiger partial charge in [0.2, 0.25) is 0 Å². The minimum atomic E-state index is -0.349. The molecule has 1 amide bonds. The molecule has 1 atom stereocenters. The number of benzene rings is 1. The van der Waals surface area contributed by atoms with E-state index in [1.165, 1.54) is 13.2 Å². The van der Waals surface area contributed by atoms with Crippen molar-refractivity contribution in [3.05, 3.63) is 51.7 Å². The molecule has 1 aliphatic heterocycles. The Morgan fingerprint density at radius 3 is 3.09 bits per heavy atom. The van der Waals surface area contributed by atoms with Gasteiger partial charge in [-0.2, -0.15) is 0 Å². The zero-order valence-corrected chi connectivity index (χ0v) is 13.8. The molecule has 1 fully saturated rings. The van der Waals surface area contributed by atoms with E-state index in [0.29, 0.717) is 17.7 Å². The molecule has 23 heavy (non-hydrogen) atoms. The Hall–Kier alpha value is -1.79. The number of rotatable bonds is 4. The third kappa shape index (κ3) is 3.43. The number of ether oxygens (including phenoxy) is 1. The Labute approximate surface area is 138 Å². The molecule has 1 aromatic heterocycles. The molecule has 0 radical (unpaired) electrons. The highest BCUT2D eigenvalue weighted by atomic mass is 32.1. The first kappa shape index (κ1) is 16.1. The second-order valence-electron chi connectivity index (χ2n) is 5.62. The van der Waals surface area contributed by atoms with Crippen LogP contribution in [-0.4, -0.2) is 29.4 Å². The van der Waals surface area contributed by atoms with Crippen LogP contribution < -0.4 is 0 Å². The van der Waals surface area contributed by atoms with Crippen molar-refractivity contribution in [3.63, 3.8) is 0 Å². The summed E-state index contributed by atoms with van der Waals surface area (Å²) in [6.45, 7) is 0.864. The van der Waals surface area contributed by atoms with E-state index in [2.05, 4.69) is 4.98 Å². The highest BCUT2D eigenvalue weighted by Crippen LogP contribution is 2.33. The molecule has 1 aliphatic rings. The van der Waals surface area contributed by atoms with Crippen molar-refractivity contribution >= 4 is 17.2 Å². The maximum absolute atomic E-state index is 13.7. The molecule has 1 aromatic carbocycles. The summed E-state index contributed by atoms with van der Waals surface area (Å²) in [5.41, 5.74) is 0.906. The molecule has 6 heteroatoms. The van der Waals surface area contributed by atoms with Crippen molar-refractivity contribution in [2.45, 2.75) is 31.9 Å². The standard InChI is InChI=1S/C17H19FN2O2S/c1-22-11-13-10-12(5-6-14(13)18)17(21)20-8-3-2-4-15(20)16-19-7-9-23-16/h5-7,9-10,15H,2-4,8,11H2,1H3. The lowest BCUT2D eigenvalue weighted by atomic mass is 10.0. The van der Waals surface area contributed by atoms with Gasteiger partial charge >= 0.3 is 0 Å². The Morgan fingerprint density at radius 1 is 1.48 bits per heavy atom. The number of nitrogens with zero attached hydrogens (tertiary/aromatic N) is 2. The summed E-state index contributed by atoms with van der Waals surface area (Å²) in [6.07, 6.45) is 4.77. The number of aromatic nitrogens is 1. The number of likely N-dealkylation sites (tertiary alicyclic amines) is 1. The topological polar surface area (TPSA) is 42.4 Å². The van der Waals surface area contributed by atoms with E-state index >= 15 is 0 Å². The van der Waals surface area contributed by atoms with Crippen LogP contribution in [0, 0.1) is 5.82 Å². The summed E-state index contributed by atoms with van der Waals surface area (Å²) in [6, 6.07) is 4.50. The Morgan fingerprint density at radius 2 is 2.35 bits per heavy atom. The highest BCUT2D eigenvalue weighted by Gasteiger charge is 2.30. The normalized spacial score (nSPS) is 18.2. The summed E-state index contributed by atoms with van der Waals surface area (Å²) in [7, 11) is 1.51. The first-order chi connectivity index (χ1) is 11.2. The average Bonchev–Trinajstić information content (AvgIpc) is 3.11. The van der Waals surface area contributed by atoms with Gasteiger partial charge in [0.05, 0.1) is 12.6 Å². The lowest BCUT2D eigenvalue weighted by molar-refractivity contribution is 0.0611. The zero-order chi connectivity index (χ0) is 16.2. The van der Waals surface area contributed by atoms with E-state index in [0.717, 1.165) is 24.3 Å². The maximum Gasteiger partial charge on any atom is 0.254 e. The molecular formula is C17H19FN2O2S. The summed E-state index contributed by atoms with van der Waals surface area (Å²) < 4.78 is 18.7. The minimum Gasteiger partial charge on any atom is -0.380 e. The van der Waals surface area contributed by atoms with Crippen molar-refractivity contribution < 1.29 is 13.9 Å². The SMILES string of the molecule is COCc1cc(C(=O)N2CCCCC2c2nccs2)ccc1F. The van der Waals surface area contributed by atoms with Crippen molar-refractivity contribution in [2.24, 2.45) is 0 Å². The molecule has 3 rings (SSSR count).